The van der Waals surface area contributed by atoms with Gasteiger partial charge in [0.25, 0.3) is 0 Å². The number of nitrogens with zero attached hydrogens (tertiary/aromatic N) is 2. The fraction of sp³-hybridized carbons (Fsp3) is 0. The van der Waals surface area contributed by atoms with Gasteiger partial charge in [-0.1, -0.05) is 30.9 Å². The van der Waals surface area contributed by atoms with Crippen molar-refractivity contribution in [2.24, 2.45) is 0 Å². The number of para-hydroxylation sites is 1. The van der Waals surface area contributed by atoms with Gasteiger partial charge < -0.3 is 9.84 Å². The van der Waals surface area contributed by atoms with Gasteiger partial charge in [0.05, 0.1) is 9.40 Å². The van der Waals surface area contributed by atoms with Crippen LogP contribution in [-0.2, 0) is 0 Å². The maximum Gasteiger partial charge on any atom is 0.313 e. The summed E-state index contributed by atoms with van der Waals surface area (Å²) in [7, 11) is 0. The number of nitriles is 1. The second-order valence-corrected chi connectivity index (χ2v) is 5.00. The fourth-order valence-corrected chi connectivity index (χ4v) is 2.30. The first kappa shape index (κ1) is 15.5. The number of nitro benzene ring substituents is 1. The van der Waals surface area contributed by atoms with Crippen LogP contribution in [0.4, 0.5) is 5.69 Å². The third kappa shape index (κ3) is 2.77. The quantitative estimate of drug-likeness (QED) is 0.644. The van der Waals surface area contributed by atoms with E-state index in [1.54, 1.807) is 36.4 Å². The molecule has 0 bridgehead atoms. The van der Waals surface area contributed by atoms with Gasteiger partial charge >= 0.3 is 5.69 Å². The van der Waals surface area contributed by atoms with E-state index in [0.717, 1.165) is 6.07 Å². The van der Waals surface area contributed by atoms with Crippen molar-refractivity contribution in [3.8, 4) is 23.3 Å². The molecule has 0 atom stereocenters. The van der Waals surface area contributed by atoms with E-state index in [4.69, 9.17) is 4.74 Å². The summed E-state index contributed by atoms with van der Waals surface area (Å²) >= 11 is 3.13. The maximum atomic E-state index is 10.9. The Morgan fingerprint density at radius 2 is 2.14 bits per heavy atom. The lowest BCUT2D eigenvalue weighted by molar-refractivity contribution is -0.386. The van der Waals surface area contributed by atoms with Crippen LogP contribution >= 0.6 is 15.9 Å². The Kier molecular flexibility index (Phi) is 4.44. The molecule has 0 aromatic heterocycles. The highest BCUT2D eigenvalue weighted by molar-refractivity contribution is 9.10. The Bertz CT molecular complexity index is 812. The molecule has 6 nitrogen and oxygen atoms in total. The Morgan fingerprint density at radius 3 is 2.73 bits per heavy atom. The van der Waals surface area contributed by atoms with Crippen molar-refractivity contribution in [1.82, 2.24) is 0 Å². The molecule has 0 saturated carbocycles. The summed E-state index contributed by atoms with van der Waals surface area (Å²) in [6.07, 6.45) is 1.57. The minimum Gasteiger partial charge on any atom is -0.501 e. The maximum absolute atomic E-state index is 10.9. The molecule has 7 heteroatoms. The summed E-state index contributed by atoms with van der Waals surface area (Å²) in [5, 5.41) is 29.9. The van der Waals surface area contributed by atoms with Crippen molar-refractivity contribution in [3.63, 3.8) is 0 Å². The summed E-state index contributed by atoms with van der Waals surface area (Å²) in [6.45, 7) is 3.66. The van der Waals surface area contributed by atoms with Crippen LogP contribution in [0, 0.1) is 21.4 Å². The molecule has 0 unspecified atom stereocenters. The summed E-state index contributed by atoms with van der Waals surface area (Å²) in [6, 6.07) is 9.74. The Morgan fingerprint density at radius 1 is 1.45 bits per heavy atom. The van der Waals surface area contributed by atoms with Crippen LogP contribution in [0.3, 0.4) is 0 Å². The van der Waals surface area contributed by atoms with Crippen molar-refractivity contribution in [2.45, 2.75) is 0 Å². The number of hydrogen-bond donors (Lipinski definition) is 1. The van der Waals surface area contributed by atoms with E-state index in [0.29, 0.717) is 11.3 Å². The van der Waals surface area contributed by atoms with E-state index < -0.39 is 16.4 Å². The van der Waals surface area contributed by atoms with Crippen LogP contribution < -0.4 is 4.74 Å². The van der Waals surface area contributed by atoms with E-state index in [9.17, 15) is 20.5 Å². The highest BCUT2D eigenvalue weighted by Gasteiger charge is 2.25. The largest absolute Gasteiger partial charge is 0.501 e. The number of hydrogen-bond acceptors (Lipinski definition) is 5. The third-order valence-corrected chi connectivity index (χ3v) is 3.44. The average molecular weight is 361 g/mol. The highest BCUT2D eigenvalue weighted by Crippen LogP contribution is 2.43. The molecule has 1 N–H and O–H groups in total. The lowest BCUT2D eigenvalue weighted by Gasteiger charge is -2.12. The molecule has 0 fully saturated rings. The van der Waals surface area contributed by atoms with Crippen molar-refractivity contribution in [3.05, 3.63) is 62.6 Å². The molecule has 0 heterocycles. The fourth-order valence-electron chi connectivity index (χ4n) is 1.80. The predicted molar refractivity (Wildman–Crippen MR) is 83.8 cm³/mol. The Hall–Kier alpha value is -2.85. The average Bonchev–Trinajstić information content (AvgIpc) is 2.51. The molecule has 0 aliphatic heterocycles. The first-order chi connectivity index (χ1) is 10.5. The number of ether oxygens (including phenoxy) is 1. The summed E-state index contributed by atoms with van der Waals surface area (Å²) < 4.78 is 5.83. The van der Waals surface area contributed by atoms with Gasteiger partial charge in [-0.15, -0.1) is 0 Å². The lowest BCUT2D eigenvalue weighted by Crippen LogP contribution is -1.96. The topological polar surface area (TPSA) is 96.4 Å². The highest BCUT2D eigenvalue weighted by atomic mass is 79.9. The first-order valence-corrected chi connectivity index (χ1v) is 6.78. The smallest absolute Gasteiger partial charge is 0.313 e. The summed E-state index contributed by atoms with van der Waals surface area (Å²) in [4.78, 5) is 10.1. The van der Waals surface area contributed by atoms with Gasteiger partial charge in [0.15, 0.2) is 5.75 Å². The standard InChI is InChI=1S/C15H9BrN2O4/c1-2-9-5-3-4-6-13(9)22-15-10(8-17)14(19)12(18(20)21)7-11(15)16/h2-7,19H,1H2. The Balaban J connectivity index is 2.62. The van der Waals surface area contributed by atoms with Gasteiger partial charge in [-0.25, -0.2) is 0 Å². The molecule has 0 saturated heterocycles. The molecule has 0 aliphatic rings. The molecular formula is C15H9BrN2O4. The first-order valence-electron chi connectivity index (χ1n) is 5.98. The summed E-state index contributed by atoms with van der Waals surface area (Å²) in [5.41, 5.74) is -0.219. The molecule has 2 aromatic carbocycles. The molecule has 0 spiro atoms. The molecule has 22 heavy (non-hydrogen) atoms. The van der Waals surface area contributed by atoms with Crippen LogP contribution in [0.2, 0.25) is 0 Å². The van der Waals surface area contributed by atoms with Crippen LogP contribution in [-0.4, -0.2) is 10.0 Å². The molecular weight excluding hydrogens is 352 g/mol. The number of rotatable bonds is 4. The lowest BCUT2D eigenvalue weighted by atomic mass is 10.1. The van der Waals surface area contributed by atoms with Gasteiger partial charge in [-0.3, -0.25) is 10.1 Å². The minimum absolute atomic E-state index is 0.0000926. The van der Waals surface area contributed by atoms with E-state index in [1.807, 2.05) is 0 Å². The van der Waals surface area contributed by atoms with Crippen molar-refractivity contribution in [1.29, 1.82) is 5.26 Å². The van der Waals surface area contributed by atoms with E-state index in [1.165, 1.54) is 0 Å². The molecule has 110 valence electrons. The molecule has 2 rings (SSSR count). The molecule has 0 aliphatic carbocycles. The van der Waals surface area contributed by atoms with Gasteiger partial charge in [0.2, 0.25) is 5.75 Å². The van der Waals surface area contributed by atoms with E-state index in [2.05, 4.69) is 22.5 Å². The van der Waals surface area contributed by atoms with Crippen molar-refractivity contribution in [2.75, 3.05) is 0 Å². The van der Waals surface area contributed by atoms with Gasteiger partial charge in [0.1, 0.15) is 17.4 Å². The third-order valence-electron chi connectivity index (χ3n) is 2.85. The number of halogens is 1. The number of aromatic hydroxyl groups is 1. The van der Waals surface area contributed by atoms with Crippen LogP contribution in [0.1, 0.15) is 11.1 Å². The normalized spacial score (nSPS) is 9.82. The predicted octanol–water partition coefficient (Wildman–Crippen LogP) is 4.37. The number of phenols is 1. The van der Waals surface area contributed by atoms with Crippen LogP contribution in [0.15, 0.2) is 41.4 Å². The number of nitro groups is 1. The van der Waals surface area contributed by atoms with Gasteiger partial charge in [0, 0.05) is 11.6 Å². The molecule has 2 aromatic rings. The Labute approximate surface area is 134 Å². The van der Waals surface area contributed by atoms with Crippen LogP contribution in [0.25, 0.3) is 6.08 Å². The summed E-state index contributed by atoms with van der Waals surface area (Å²) in [5.74, 6) is -0.329. The molecule has 0 radical (unpaired) electrons. The zero-order valence-electron chi connectivity index (χ0n) is 11.1. The molecule has 0 amide bonds. The van der Waals surface area contributed by atoms with Crippen molar-refractivity contribution < 1.29 is 14.8 Å². The van der Waals surface area contributed by atoms with Crippen molar-refractivity contribution >= 4 is 27.7 Å². The monoisotopic (exact) mass is 360 g/mol. The van der Waals surface area contributed by atoms with E-state index in [-0.39, 0.29) is 15.8 Å². The van der Waals surface area contributed by atoms with Gasteiger partial charge in [-0.05, 0) is 22.0 Å². The van der Waals surface area contributed by atoms with E-state index >= 15 is 0 Å². The zero-order valence-corrected chi connectivity index (χ0v) is 12.7. The second-order valence-electron chi connectivity index (χ2n) is 4.14. The van der Waals surface area contributed by atoms with Crippen LogP contribution in [0.5, 0.6) is 17.2 Å². The minimum atomic E-state index is -0.775. The SMILES string of the molecule is C=Cc1ccccc1Oc1c(Br)cc([N+](=O)[O-])c(O)c1C#N. The zero-order chi connectivity index (χ0) is 16.3. The number of benzene rings is 2. The van der Waals surface area contributed by atoms with Gasteiger partial charge in [-0.2, -0.15) is 5.26 Å². The number of phenolic OH excluding ortho intramolecular Hbond substituents is 1. The second kappa shape index (κ2) is 6.28.